The smallest absolute Gasteiger partial charge is 0.265 e. The number of rotatable bonds is 23. The topological polar surface area (TPSA) is 319 Å². The van der Waals surface area contributed by atoms with Crippen LogP contribution in [-0.2, 0) is 72.6 Å². The number of Topliss-reactive ketones (excluding diaryl/α,β-unsaturated/α-hetero) is 4. The Kier molecular flexibility index (Phi) is 37.3. The Bertz CT molecular complexity index is 3060. The van der Waals surface area contributed by atoms with Gasteiger partial charge in [0, 0.05) is 132 Å². The average molecular weight is 1250 g/mol. The second-order valence-electron chi connectivity index (χ2n) is 21.0. The molecule has 4 aromatic rings. The first kappa shape index (κ1) is 78.4. The quantitative estimate of drug-likeness (QED) is 0.0174. The second-order valence-corrected chi connectivity index (χ2v) is 22.0. The van der Waals surface area contributed by atoms with Crippen LogP contribution in [0.25, 0.3) is 0 Å². The first-order valence-corrected chi connectivity index (χ1v) is 30.6. The molecule has 2 aromatic heterocycles. The van der Waals surface area contributed by atoms with Gasteiger partial charge in [-0.3, -0.25) is 72.8 Å². The lowest BCUT2D eigenvalue weighted by Gasteiger charge is -2.14. The summed E-state index contributed by atoms with van der Waals surface area (Å²) in [5.74, 6) is 0.510. The number of unbranched alkanes of at least 4 members (excludes halogenated alkanes) is 2. The van der Waals surface area contributed by atoms with E-state index < -0.39 is 0 Å². The van der Waals surface area contributed by atoms with E-state index in [0.717, 1.165) is 49.1 Å². The number of aromatic nitrogens is 4. The molecule has 0 radical (unpaired) electrons. The number of amides is 8. The number of aryl methyl sites for hydroxylation is 3. The van der Waals surface area contributed by atoms with Gasteiger partial charge in [0.1, 0.15) is 23.2 Å². The lowest BCUT2D eigenvalue weighted by atomic mass is 10.1. The Labute approximate surface area is 527 Å². The van der Waals surface area contributed by atoms with E-state index in [-0.39, 0.29) is 102 Å². The number of carbonyl (C=O) groups is 12. The molecule has 25 heteroatoms. The van der Waals surface area contributed by atoms with Gasteiger partial charge in [0.05, 0.1) is 17.1 Å². The number of azo groups is 1. The number of hydrogen-bond donors (Lipinski definition) is 2. The predicted molar refractivity (Wildman–Crippen MR) is 345 cm³/mol. The van der Waals surface area contributed by atoms with E-state index in [4.69, 9.17) is 0 Å². The van der Waals surface area contributed by atoms with Crippen molar-refractivity contribution in [1.82, 2.24) is 24.9 Å². The van der Waals surface area contributed by atoms with Crippen molar-refractivity contribution < 1.29 is 57.5 Å². The number of nitrogens with one attached hydrogen (secondary N) is 2. The summed E-state index contributed by atoms with van der Waals surface area (Å²) in [7, 11) is 3.31. The molecular weight excluding hydrogens is 1160 g/mol. The van der Waals surface area contributed by atoms with E-state index in [1.807, 2.05) is 38.6 Å². The number of thioether (sulfide) groups is 1. The molecule has 5 heterocycles. The molecule has 3 atom stereocenters. The molecule has 24 nitrogen and oxygen atoms in total. The fourth-order valence-electron chi connectivity index (χ4n) is 8.37. The largest absolute Gasteiger partial charge is 0.326 e. The van der Waals surface area contributed by atoms with Crippen molar-refractivity contribution >= 4 is 111 Å². The minimum atomic E-state index is -0.257. The Morgan fingerprint density at radius 3 is 1.66 bits per heavy atom. The minimum absolute atomic E-state index is 0. The molecule has 89 heavy (non-hydrogen) atoms. The number of likely N-dealkylation sites (tertiary alicyclic amines) is 1. The summed E-state index contributed by atoms with van der Waals surface area (Å²) in [6, 6.07) is 17.5. The van der Waals surface area contributed by atoms with E-state index in [0.29, 0.717) is 86.4 Å². The van der Waals surface area contributed by atoms with E-state index in [9.17, 15) is 57.5 Å². The maximum absolute atomic E-state index is 11.9. The third-order valence-corrected chi connectivity index (χ3v) is 13.8. The lowest BCUT2D eigenvalue weighted by molar-refractivity contribution is -0.139. The number of imide groups is 3. The Hall–Kier alpha value is -8.61. The Morgan fingerprint density at radius 1 is 0.685 bits per heavy atom. The highest BCUT2D eigenvalue weighted by molar-refractivity contribution is 7.98. The highest BCUT2D eigenvalue weighted by Gasteiger charge is 2.38. The fourth-order valence-corrected chi connectivity index (χ4v) is 8.75. The van der Waals surface area contributed by atoms with Crippen LogP contribution in [0.3, 0.4) is 0 Å². The molecule has 7 rings (SSSR count). The number of nitrogens with zero attached hydrogens (tertiary/aromatic N) is 10. The number of carbonyl (C=O) groups excluding carboxylic acids is 12. The second kappa shape index (κ2) is 42.3. The van der Waals surface area contributed by atoms with Gasteiger partial charge in [0.2, 0.25) is 41.4 Å². The van der Waals surface area contributed by atoms with E-state index in [2.05, 4.69) is 41.4 Å². The summed E-state index contributed by atoms with van der Waals surface area (Å²) in [5, 5.41) is 20.8. The minimum Gasteiger partial charge on any atom is -0.326 e. The molecule has 3 aliphatic heterocycles. The average Bonchev–Trinajstić information content (AvgIpc) is 1.99. The molecule has 3 unspecified atom stereocenters. The summed E-state index contributed by atoms with van der Waals surface area (Å²) in [4.78, 5) is 143. The van der Waals surface area contributed by atoms with Crippen molar-refractivity contribution in [3.05, 3.63) is 89.9 Å². The van der Waals surface area contributed by atoms with E-state index in [1.54, 1.807) is 113 Å². The number of hydrazone groups is 1. The SMILES string of the molecule is C.C/C=N/Nc1ccc(C(C)=O)cn1.CC(=O)CCCCCN1C(=O)CC(C)C1=O.CC(=O)CCCc1ccc(N2C(=O)CC(C)C2=O)cc1.CC(=O)Nc1ccc(N2C(=O)CC(C)C2=O)cc1.CCC(=O)CCc1cn(C)nn1.CN=NC(=O)CCSC. The van der Waals surface area contributed by atoms with E-state index >= 15 is 0 Å². The molecule has 3 fully saturated rings. The predicted octanol–water partition coefficient (Wildman–Crippen LogP) is 9.99. The zero-order chi connectivity index (χ0) is 65.9. The summed E-state index contributed by atoms with van der Waals surface area (Å²) < 4.78 is 1.64. The van der Waals surface area contributed by atoms with Gasteiger partial charge in [-0.2, -0.15) is 22.0 Å². The first-order valence-electron chi connectivity index (χ1n) is 29.2. The van der Waals surface area contributed by atoms with Crippen molar-refractivity contribution in [2.45, 2.75) is 160 Å². The number of benzene rings is 2. The number of anilines is 4. The van der Waals surface area contributed by atoms with Gasteiger partial charge in [-0.05, 0) is 120 Å². The van der Waals surface area contributed by atoms with Gasteiger partial charge in [0.25, 0.3) is 5.91 Å². The third-order valence-electron chi connectivity index (χ3n) is 13.2. The molecule has 0 aliphatic carbocycles. The van der Waals surface area contributed by atoms with Gasteiger partial charge < -0.3 is 14.9 Å². The highest BCUT2D eigenvalue weighted by Crippen LogP contribution is 2.28. The molecule has 484 valence electrons. The maximum Gasteiger partial charge on any atom is 0.265 e. The van der Waals surface area contributed by atoms with Crippen LogP contribution >= 0.6 is 11.8 Å². The van der Waals surface area contributed by atoms with Crippen molar-refractivity contribution in [3.63, 3.8) is 0 Å². The van der Waals surface area contributed by atoms with Gasteiger partial charge >= 0.3 is 0 Å². The summed E-state index contributed by atoms with van der Waals surface area (Å²) in [5.41, 5.74) is 7.13. The summed E-state index contributed by atoms with van der Waals surface area (Å²) in [6.45, 7) is 15.6. The van der Waals surface area contributed by atoms with Crippen molar-refractivity contribution in [2.24, 2.45) is 40.1 Å². The molecule has 3 saturated heterocycles. The zero-order valence-electron chi connectivity index (χ0n) is 52.8. The van der Waals surface area contributed by atoms with Gasteiger partial charge in [0.15, 0.2) is 5.78 Å². The zero-order valence-corrected chi connectivity index (χ0v) is 53.6. The number of pyridine rings is 1. The van der Waals surface area contributed by atoms with Crippen LogP contribution in [0.4, 0.5) is 22.9 Å². The standard InChI is InChI=1S/C16H19NO3.C13H14N2O3.C12H19NO3.C9H11N3O.C8H13N3O.C5H10N2OS.CH4/c1-11-10-15(19)17(16(11)20)14-8-6-13(7-9-14)5-3-4-12(2)18;1-8-7-12(17)15(13(8)18)11-5-3-10(4-6-11)14-9(2)16;1-9-8-11(15)13(12(9)16)7-5-3-4-6-10(2)14;1-3-11-12-9-5-4-8(6-10-9)7(2)13;1-3-8(12)5-4-7-6-11(2)10-9-7;1-6-7-5(8)3-4-9-2;/h6-9,11H,3-5,10H2,1-2H3;3-6,8H,7H2,1-2H3,(H,14,16);9H,3-8H2,1-2H3;3-6H,1-2H3,(H,10,12);6H,3-5H2,1-2H3;3-4H2,1-2H3;1H4/b;;;11-3+;;;. The molecule has 0 spiro atoms. The normalized spacial score (nSPS) is 15.7. The molecule has 0 saturated carbocycles. The van der Waals surface area contributed by atoms with Crippen LogP contribution in [0.1, 0.15) is 168 Å². The highest BCUT2D eigenvalue weighted by atomic mass is 32.2. The number of ketones is 4. The van der Waals surface area contributed by atoms with Crippen LogP contribution in [0, 0.1) is 17.8 Å². The Balaban J connectivity index is 0.000000542. The van der Waals surface area contributed by atoms with Crippen LogP contribution in [-0.4, -0.2) is 127 Å². The van der Waals surface area contributed by atoms with Crippen LogP contribution < -0.4 is 20.5 Å². The molecule has 2 N–H and O–H groups in total. The first-order chi connectivity index (χ1) is 41.8. The molecule has 0 bridgehead atoms. The fraction of sp³-hybridized carbons (Fsp3) is 0.500. The lowest BCUT2D eigenvalue weighted by Crippen LogP contribution is -2.31. The molecule has 2 aromatic carbocycles. The van der Waals surface area contributed by atoms with Gasteiger partial charge in [-0.25, -0.2) is 4.98 Å². The number of hydrogen-bond acceptors (Lipinski definition) is 19. The Morgan fingerprint density at radius 2 is 1.24 bits per heavy atom. The van der Waals surface area contributed by atoms with E-state index in [1.165, 1.54) is 41.8 Å². The molecular formula is C64H90N12O12S. The van der Waals surface area contributed by atoms with Crippen LogP contribution in [0.15, 0.2) is 88.4 Å². The van der Waals surface area contributed by atoms with Crippen LogP contribution in [0.5, 0.6) is 0 Å². The van der Waals surface area contributed by atoms with Crippen molar-refractivity contribution in [3.8, 4) is 0 Å². The molecule has 8 amide bonds. The summed E-state index contributed by atoms with van der Waals surface area (Å²) in [6.07, 6.45) is 15.6. The van der Waals surface area contributed by atoms with Gasteiger partial charge in [-0.1, -0.05) is 58.9 Å². The van der Waals surface area contributed by atoms with Crippen molar-refractivity contribution in [1.29, 1.82) is 0 Å². The van der Waals surface area contributed by atoms with Gasteiger partial charge in [-0.15, -0.1) is 10.2 Å². The summed E-state index contributed by atoms with van der Waals surface area (Å²) >= 11 is 1.63. The monoisotopic (exact) mass is 1250 g/mol. The maximum atomic E-state index is 11.9. The van der Waals surface area contributed by atoms with Crippen LogP contribution in [0.2, 0.25) is 0 Å². The van der Waals surface area contributed by atoms with Crippen molar-refractivity contribution in [2.75, 3.05) is 46.1 Å². The third kappa shape index (κ3) is 29.8. The molecule has 3 aliphatic rings.